The topological polar surface area (TPSA) is 43.4 Å². The minimum absolute atomic E-state index is 0.107. The van der Waals surface area contributed by atoms with E-state index in [0.29, 0.717) is 22.8 Å². The van der Waals surface area contributed by atoms with Crippen LogP contribution in [-0.4, -0.2) is 24.2 Å². The Balaban J connectivity index is 1.73. The van der Waals surface area contributed by atoms with Crippen molar-refractivity contribution in [1.82, 2.24) is 10.3 Å². The van der Waals surface area contributed by atoms with E-state index < -0.39 is 11.9 Å². The lowest BCUT2D eigenvalue weighted by Crippen LogP contribution is -2.50. The number of halogens is 4. The number of aromatic nitrogens is 1. The molecule has 1 aromatic carbocycles. The molecule has 1 N–H and O–H groups in total. The van der Waals surface area contributed by atoms with Gasteiger partial charge in [-0.3, -0.25) is 0 Å². The summed E-state index contributed by atoms with van der Waals surface area (Å²) in [6, 6.07) is 7.94. The van der Waals surface area contributed by atoms with E-state index in [4.69, 9.17) is 9.47 Å². The van der Waals surface area contributed by atoms with Crippen molar-refractivity contribution in [2.45, 2.75) is 25.8 Å². The Hall–Kier alpha value is -1.55. The number of benzene rings is 1. The van der Waals surface area contributed by atoms with Gasteiger partial charge in [0, 0.05) is 27.9 Å². The van der Waals surface area contributed by atoms with Crippen LogP contribution in [0.3, 0.4) is 0 Å². The molecule has 0 aliphatic carbocycles. The summed E-state index contributed by atoms with van der Waals surface area (Å²) in [5.74, 6) is 1.20. The van der Waals surface area contributed by atoms with E-state index in [1.54, 1.807) is 13.0 Å². The van der Waals surface area contributed by atoms with Gasteiger partial charge in [-0.05, 0) is 53.8 Å². The number of rotatable bonds is 5. The zero-order chi connectivity index (χ0) is 18.0. The minimum Gasteiger partial charge on any atom is -0.485 e. The van der Waals surface area contributed by atoms with E-state index in [-0.39, 0.29) is 12.7 Å². The third-order valence-corrected chi connectivity index (χ3v) is 4.48. The predicted octanol–water partition coefficient (Wildman–Crippen LogP) is 3.94. The summed E-state index contributed by atoms with van der Waals surface area (Å²) in [5.41, 5.74) is -0.00155. The van der Waals surface area contributed by atoms with Gasteiger partial charge in [0.2, 0.25) is 0 Å². The lowest BCUT2D eigenvalue weighted by molar-refractivity contribution is -0.141. The van der Waals surface area contributed by atoms with Gasteiger partial charge in [-0.2, -0.15) is 13.2 Å². The van der Waals surface area contributed by atoms with E-state index in [0.717, 1.165) is 22.7 Å². The highest BCUT2D eigenvalue weighted by molar-refractivity contribution is 14.1. The fraction of sp³-hybridized carbons (Fsp3) is 0.353. The van der Waals surface area contributed by atoms with E-state index in [1.165, 1.54) is 6.07 Å². The van der Waals surface area contributed by atoms with Crippen LogP contribution in [0.2, 0.25) is 0 Å². The van der Waals surface area contributed by atoms with Crippen LogP contribution in [-0.2, 0) is 12.8 Å². The van der Waals surface area contributed by atoms with Gasteiger partial charge in [-0.15, -0.1) is 0 Å². The molecule has 1 aromatic heterocycles. The van der Waals surface area contributed by atoms with Crippen LogP contribution in [0.25, 0.3) is 0 Å². The van der Waals surface area contributed by atoms with Gasteiger partial charge >= 0.3 is 6.18 Å². The molecule has 0 amide bonds. The molecule has 8 heteroatoms. The molecule has 134 valence electrons. The average Bonchev–Trinajstić information content (AvgIpc) is 2.50. The van der Waals surface area contributed by atoms with E-state index in [9.17, 15) is 13.2 Å². The summed E-state index contributed by atoms with van der Waals surface area (Å²) < 4.78 is 50.7. The Morgan fingerprint density at radius 1 is 1.20 bits per heavy atom. The van der Waals surface area contributed by atoms with Crippen molar-refractivity contribution in [3.05, 3.63) is 50.9 Å². The largest absolute Gasteiger partial charge is 0.485 e. The summed E-state index contributed by atoms with van der Waals surface area (Å²) in [6.07, 6.45) is -4.34. The normalized spacial score (nSPS) is 14.9. The second kappa shape index (κ2) is 7.36. The van der Waals surface area contributed by atoms with E-state index in [2.05, 4.69) is 32.9 Å². The Bertz CT molecular complexity index is 764. The highest BCUT2D eigenvalue weighted by atomic mass is 127. The molecule has 3 rings (SSSR count). The molecule has 0 unspecified atom stereocenters. The van der Waals surface area contributed by atoms with E-state index in [1.807, 2.05) is 12.1 Å². The molecule has 25 heavy (non-hydrogen) atoms. The van der Waals surface area contributed by atoms with Crippen LogP contribution < -0.4 is 14.8 Å². The lowest BCUT2D eigenvalue weighted by Gasteiger charge is -2.28. The fourth-order valence-electron chi connectivity index (χ4n) is 2.27. The maximum Gasteiger partial charge on any atom is 0.433 e. The van der Waals surface area contributed by atoms with Crippen LogP contribution in [0.5, 0.6) is 11.5 Å². The van der Waals surface area contributed by atoms with Crippen molar-refractivity contribution in [1.29, 1.82) is 0 Å². The van der Waals surface area contributed by atoms with Crippen molar-refractivity contribution in [3.8, 4) is 11.5 Å². The van der Waals surface area contributed by atoms with Crippen molar-refractivity contribution < 1.29 is 22.6 Å². The number of hydrogen-bond acceptors (Lipinski definition) is 4. The molecule has 2 aromatic rings. The van der Waals surface area contributed by atoms with Crippen LogP contribution in [0.15, 0.2) is 30.3 Å². The Morgan fingerprint density at radius 2 is 1.96 bits per heavy atom. The smallest absolute Gasteiger partial charge is 0.433 e. The number of aryl methyl sites for hydroxylation is 1. The predicted molar refractivity (Wildman–Crippen MR) is 94.8 cm³/mol. The fourth-order valence-corrected chi connectivity index (χ4v) is 2.74. The van der Waals surface area contributed by atoms with Crippen molar-refractivity contribution >= 4 is 22.6 Å². The van der Waals surface area contributed by atoms with Crippen molar-refractivity contribution in [3.63, 3.8) is 0 Å². The maximum absolute atomic E-state index is 12.7. The molecule has 4 nitrogen and oxygen atoms in total. The first-order valence-corrected chi connectivity index (χ1v) is 8.74. The highest BCUT2D eigenvalue weighted by Gasteiger charge is 2.32. The summed E-state index contributed by atoms with van der Waals surface area (Å²) in [5, 5.41) is 3.13. The number of ether oxygens (including phenoxy) is 2. The van der Waals surface area contributed by atoms with Crippen LogP contribution in [0.4, 0.5) is 13.2 Å². The molecule has 2 heterocycles. The van der Waals surface area contributed by atoms with Crippen LogP contribution in [0, 0.1) is 10.5 Å². The van der Waals surface area contributed by atoms with Gasteiger partial charge in [0.1, 0.15) is 18.4 Å². The quantitative estimate of drug-likeness (QED) is 0.682. The third kappa shape index (κ3) is 4.55. The standard InChI is InChI=1S/C17H16F3IN2O2/c1-10-11(2-5-16(23-10)17(18,19)20)9-24-14-4-3-12(21)6-15(14)25-13-7-22-8-13/h2-6,13,22H,7-9H2,1H3. The number of nitrogens with zero attached hydrogens (tertiary/aromatic N) is 1. The van der Waals surface area contributed by atoms with Gasteiger partial charge in [0.15, 0.2) is 11.5 Å². The first kappa shape index (κ1) is 18.2. The molecule has 1 fully saturated rings. The molecule has 0 radical (unpaired) electrons. The molecule has 0 bridgehead atoms. The zero-order valence-electron chi connectivity index (χ0n) is 13.4. The SMILES string of the molecule is Cc1nc(C(F)(F)F)ccc1COc1ccc(I)cc1OC1CNC1. The number of alkyl halides is 3. The first-order chi connectivity index (χ1) is 11.8. The Kier molecular flexibility index (Phi) is 5.38. The van der Waals surface area contributed by atoms with Gasteiger partial charge in [-0.1, -0.05) is 6.07 Å². The molecule has 1 aliphatic heterocycles. The maximum atomic E-state index is 12.7. The first-order valence-electron chi connectivity index (χ1n) is 7.66. The molecular weight excluding hydrogens is 448 g/mol. The third-order valence-electron chi connectivity index (χ3n) is 3.81. The molecular formula is C17H16F3IN2O2. The lowest BCUT2D eigenvalue weighted by atomic mass is 10.2. The van der Waals surface area contributed by atoms with E-state index >= 15 is 0 Å². The highest BCUT2D eigenvalue weighted by Crippen LogP contribution is 2.32. The molecule has 0 atom stereocenters. The second-order valence-electron chi connectivity index (χ2n) is 5.72. The van der Waals surface area contributed by atoms with Gasteiger partial charge < -0.3 is 14.8 Å². The molecule has 0 spiro atoms. The summed E-state index contributed by atoms with van der Waals surface area (Å²) >= 11 is 2.19. The summed E-state index contributed by atoms with van der Waals surface area (Å²) in [7, 11) is 0. The summed E-state index contributed by atoms with van der Waals surface area (Å²) in [4.78, 5) is 3.62. The average molecular weight is 464 g/mol. The summed E-state index contributed by atoms with van der Waals surface area (Å²) in [6.45, 7) is 3.23. The number of pyridine rings is 1. The van der Waals surface area contributed by atoms with Gasteiger partial charge in [0.25, 0.3) is 0 Å². The van der Waals surface area contributed by atoms with Crippen LogP contribution >= 0.6 is 22.6 Å². The van der Waals surface area contributed by atoms with Crippen molar-refractivity contribution in [2.24, 2.45) is 0 Å². The Labute approximate surface area is 156 Å². The van der Waals surface area contributed by atoms with Crippen molar-refractivity contribution in [2.75, 3.05) is 13.1 Å². The molecule has 0 saturated carbocycles. The molecule has 1 aliphatic rings. The number of hydrogen-bond donors (Lipinski definition) is 1. The van der Waals surface area contributed by atoms with Gasteiger partial charge in [0.05, 0.1) is 0 Å². The van der Waals surface area contributed by atoms with Gasteiger partial charge in [-0.25, -0.2) is 4.98 Å². The zero-order valence-corrected chi connectivity index (χ0v) is 15.5. The molecule has 1 saturated heterocycles. The number of nitrogens with one attached hydrogen (secondary N) is 1. The minimum atomic E-state index is -4.45. The van der Waals surface area contributed by atoms with Crippen LogP contribution in [0.1, 0.15) is 17.0 Å². The monoisotopic (exact) mass is 464 g/mol. The Morgan fingerprint density at radius 3 is 2.56 bits per heavy atom. The second-order valence-corrected chi connectivity index (χ2v) is 6.96.